The summed E-state index contributed by atoms with van der Waals surface area (Å²) in [7, 11) is 1.75. The largest absolute Gasteiger partial charge is 0.460 e. The monoisotopic (exact) mass is 479 g/mol. The number of hydrogen-bond donors (Lipinski definition) is 1. The van der Waals surface area contributed by atoms with Gasteiger partial charge >= 0.3 is 12.1 Å². The highest BCUT2D eigenvalue weighted by molar-refractivity contribution is 7.14. The maximum Gasteiger partial charge on any atom is 0.410 e. The Morgan fingerprint density at radius 3 is 1.88 bits per heavy atom. The second-order valence-corrected chi connectivity index (χ2v) is 12.0. The lowest BCUT2D eigenvalue weighted by Crippen LogP contribution is -2.44. The average Bonchev–Trinajstić information content (AvgIpc) is 3.35. The molecule has 0 bridgehead atoms. The van der Waals surface area contributed by atoms with Crippen LogP contribution in [0.3, 0.4) is 0 Å². The van der Waals surface area contributed by atoms with Gasteiger partial charge in [-0.2, -0.15) is 0 Å². The SMILES string of the molecule is Cc1ccc(C(O)(C(=O)O[C@H]2CC[C@H](N(C)C(=O)OC(C)(C)C)CC2)c2ccc(C)s2)s1. The van der Waals surface area contributed by atoms with Crippen LogP contribution in [0, 0.1) is 13.8 Å². The minimum Gasteiger partial charge on any atom is -0.460 e. The minimum absolute atomic E-state index is 0.0403. The quantitative estimate of drug-likeness (QED) is 0.583. The molecule has 0 spiro atoms. The average molecular weight is 480 g/mol. The standard InChI is InChI=1S/C24H33NO5S2/c1-15-7-13-19(31-15)24(28,20-14-8-16(2)32-20)21(26)29-18-11-9-17(10-12-18)25(6)22(27)30-23(3,4)5/h7-8,13-14,17-18,28H,9-12H2,1-6H3/t17-,18-. The van der Waals surface area contributed by atoms with Crippen molar-refractivity contribution < 1.29 is 24.2 Å². The van der Waals surface area contributed by atoms with Crippen LogP contribution in [0.2, 0.25) is 0 Å². The Morgan fingerprint density at radius 1 is 0.969 bits per heavy atom. The van der Waals surface area contributed by atoms with Crippen molar-refractivity contribution >= 4 is 34.7 Å². The van der Waals surface area contributed by atoms with E-state index in [9.17, 15) is 14.7 Å². The van der Waals surface area contributed by atoms with Crippen molar-refractivity contribution in [1.29, 1.82) is 0 Å². The van der Waals surface area contributed by atoms with E-state index in [4.69, 9.17) is 9.47 Å². The highest BCUT2D eigenvalue weighted by atomic mass is 32.1. The molecule has 8 heteroatoms. The lowest BCUT2D eigenvalue weighted by molar-refractivity contribution is -0.169. The predicted octanol–water partition coefficient (Wildman–Crippen LogP) is 5.38. The highest BCUT2D eigenvalue weighted by Crippen LogP contribution is 2.40. The molecular weight excluding hydrogens is 446 g/mol. The smallest absolute Gasteiger partial charge is 0.410 e. The van der Waals surface area contributed by atoms with E-state index in [1.165, 1.54) is 22.7 Å². The number of carbonyl (C=O) groups is 2. The molecule has 2 heterocycles. The molecule has 176 valence electrons. The van der Waals surface area contributed by atoms with E-state index in [1.54, 1.807) is 24.1 Å². The Labute approximate surface area is 198 Å². The Balaban J connectivity index is 1.67. The number of amides is 1. The first-order chi connectivity index (χ1) is 14.9. The number of rotatable bonds is 5. The van der Waals surface area contributed by atoms with Crippen LogP contribution in [0.15, 0.2) is 24.3 Å². The molecule has 1 aliphatic carbocycles. The first-order valence-electron chi connectivity index (χ1n) is 10.9. The number of hydrogen-bond acceptors (Lipinski definition) is 7. The summed E-state index contributed by atoms with van der Waals surface area (Å²) < 4.78 is 11.3. The molecule has 3 rings (SSSR count). The third-order valence-corrected chi connectivity index (χ3v) is 7.85. The van der Waals surface area contributed by atoms with E-state index >= 15 is 0 Å². The van der Waals surface area contributed by atoms with E-state index in [0.717, 1.165) is 9.75 Å². The first kappa shape index (κ1) is 24.7. The number of aryl methyl sites for hydroxylation is 2. The van der Waals surface area contributed by atoms with E-state index in [1.807, 2.05) is 46.8 Å². The van der Waals surface area contributed by atoms with Gasteiger partial charge in [0.25, 0.3) is 0 Å². The van der Waals surface area contributed by atoms with Crippen molar-refractivity contribution in [1.82, 2.24) is 4.90 Å². The van der Waals surface area contributed by atoms with Gasteiger partial charge in [-0.1, -0.05) is 0 Å². The van der Waals surface area contributed by atoms with Crippen molar-refractivity contribution in [2.45, 2.75) is 83.6 Å². The number of nitrogens with zero attached hydrogens (tertiary/aromatic N) is 1. The Hall–Kier alpha value is -1.90. The number of carbonyl (C=O) groups excluding carboxylic acids is 2. The molecule has 1 amide bonds. The molecule has 0 aliphatic heterocycles. The third kappa shape index (κ3) is 5.53. The van der Waals surface area contributed by atoms with Gasteiger partial charge < -0.3 is 19.5 Å². The van der Waals surface area contributed by atoms with Gasteiger partial charge in [-0.3, -0.25) is 0 Å². The van der Waals surface area contributed by atoms with Gasteiger partial charge in [0.15, 0.2) is 0 Å². The first-order valence-corrected chi connectivity index (χ1v) is 12.6. The van der Waals surface area contributed by atoms with E-state index < -0.39 is 17.2 Å². The lowest BCUT2D eigenvalue weighted by atomic mass is 9.91. The molecule has 0 aromatic carbocycles. The van der Waals surface area contributed by atoms with Gasteiger partial charge in [-0.15, -0.1) is 22.7 Å². The van der Waals surface area contributed by atoms with Crippen LogP contribution >= 0.6 is 22.7 Å². The molecule has 2 aromatic rings. The zero-order valence-electron chi connectivity index (χ0n) is 19.6. The fourth-order valence-electron chi connectivity index (χ4n) is 3.85. The maximum absolute atomic E-state index is 13.3. The number of ether oxygens (including phenoxy) is 2. The molecule has 0 unspecified atom stereocenters. The van der Waals surface area contributed by atoms with Crippen LogP contribution in [0.1, 0.15) is 66.0 Å². The second kappa shape index (κ2) is 9.53. The van der Waals surface area contributed by atoms with Crippen molar-refractivity contribution in [3.63, 3.8) is 0 Å². The number of aliphatic hydroxyl groups is 1. The summed E-state index contributed by atoms with van der Waals surface area (Å²) in [4.78, 5) is 30.5. The van der Waals surface area contributed by atoms with Gasteiger partial charge in [-0.05, 0) is 84.6 Å². The van der Waals surface area contributed by atoms with Crippen LogP contribution < -0.4 is 0 Å². The van der Waals surface area contributed by atoms with Gasteiger partial charge in [0.1, 0.15) is 11.7 Å². The van der Waals surface area contributed by atoms with Crippen LogP contribution in [0.4, 0.5) is 4.79 Å². The van der Waals surface area contributed by atoms with Gasteiger partial charge in [0, 0.05) is 22.8 Å². The summed E-state index contributed by atoms with van der Waals surface area (Å²) in [5, 5.41) is 11.6. The Morgan fingerprint density at radius 2 is 1.47 bits per heavy atom. The van der Waals surface area contributed by atoms with Crippen LogP contribution in [-0.2, 0) is 19.9 Å². The second-order valence-electron chi connectivity index (χ2n) is 9.46. The van der Waals surface area contributed by atoms with Crippen LogP contribution in [0.5, 0.6) is 0 Å². The third-order valence-electron chi connectivity index (χ3n) is 5.64. The Kier molecular flexibility index (Phi) is 7.37. The van der Waals surface area contributed by atoms with Crippen molar-refractivity contribution in [3.8, 4) is 0 Å². The number of esters is 1. The zero-order chi connectivity index (χ0) is 23.7. The summed E-state index contributed by atoms with van der Waals surface area (Å²) in [5.41, 5.74) is -2.34. The molecular formula is C24H33NO5S2. The fourth-order valence-corrected chi connectivity index (χ4v) is 5.84. The molecule has 0 atom stereocenters. The zero-order valence-corrected chi connectivity index (χ0v) is 21.3. The molecule has 6 nitrogen and oxygen atoms in total. The van der Waals surface area contributed by atoms with Gasteiger partial charge in [0.05, 0.1) is 9.75 Å². The molecule has 2 aromatic heterocycles. The summed E-state index contributed by atoms with van der Waals surface area (Å²) >= 11 is 2.80. The van der Waals surface area contributed by atoms with E-state index in [-0.39, 0.29) is 18.2 Å². The number of thiophene rings is 2. The lowest BCUT2D eigenvalue weighted by Gasteiger charge is -2.36. The molecule has 0 saturated heterocycles. The molecule has 1 N–H and O–H groups in total. The van der Waals surface area contributed by atoms with Crippen molar-refractivity contribution in [2.75, 3.05) is 7.05 Å². The molecule has 0 radical (unpaired) electrons. The summed E-state index contributed by atoms with van der Waals surface area (Å²) in [6.45, 7) is 9.44. The van der Waals surface area contributed by atoms with E-state index in [2.05, 4.69) is 0 Å². The molecule has 1 saturated carbocycles. The Bertz CT molecular complexity index is 909. The normalized spacial score (nSPS) is 19.5. The van der Waals surface area contributed by atoms with Crippen molar-refractivity contribution in [2.24, 2.45) is 0 Å². The van der Waals surface area contributed by atoms with Gasteiger partial charge in [-0.25, -0.2) is 9.59 Å². The predicted molar refractivity (Wildman–Crippen MR) is 127 cm³/mol. The summed E-state index contributed by atoms with van der Waals surface area (Å²) in [6, 6.07) is 7.43. The van der Waals surface area contributed by atoms with Gasteiger partial charge in [0.2, 0.25) is 5.60 Å². The minimum atomic E-state index is -1.80. The molecule has 1 fully saturated rings. The summed E-state index contributed by atoms with van der Waals surface area (Å²) in [5.74, 6) is -0.634. The molecule has 1 aliphatic rings. The van der Waals surface area contributed by atoms with Crippen LogP contribution in [0.25, 0.3) is 0 Å². The molecule has 32 heavy (non-hydrogen) atoms. The highest BCUT2D eigenvalue weighted by Gasteiger charge is 2.45. The maximum atomic E-state index is 13.3. The fraction of sp³-hybridized carbons (Fsp3) is 0.583. The van der Waals surface area contributed by atoms with Crippen LogP contribution in [-0.4, -0.2) is 46.9 Å². The van der Waals surface area contributed by atoms with E-state index in [0.29, 0.717) is 35.4 Å². The topological polar surface area (TPSA) is 76.1 Å². The summed E-state index contributed by atoms with van der Waals surface area (Å²) in [6.07, 6.45) is 2.05. The van der Waals surface area contributed by atoms with Crippen molar-refractivity contribution in [3.05, 3.63) is 43.8 Å².